The molecule has 0 bridgehead atoms. The van der Waals surface area contributed by atoms with E-state index in [1.54, 1.807) is 30.3 Å². The molecule has 3 aromatic rings. The normalized spacial score (nSPS) is 21.2. The highest BCUT2D eigenvalue weighted by Gasteiger charge is 2.64. The number of hydrogen-bond acceptors (Lipinski definition) is 8. The number of unbranched alkanes of at least 4 members (excludes halogenated alkanes) is 1. The molecule has 53 heavy (non-hydrogen) atoms. The van der Waals surface area contributed by atoms with E-state index < -0.39 is 11.9 Å². The zero-order valence-electron chi connectivity index (χ0n) is 30.5. The smallest absolute Gasteiger partial charge is 0.255 e. The minimum absolute atomic E-state index is 0.125. The van der Waals surface area contributed by atoms with E-state index >= 15 is 0 Å². The first-order valence-electron chi connectivity index (χ1n) is 18.0. The van der Waals surface area contributed by atoms with Gasteiger partial charge in [0.2, 0.25) is 11.8 Å². The lowest BCUT2D eigenvalue weighted by molar-refractivity contribution is -0.164. The summed E-state index contributed by atoms with van der Waals surface area (Å²) in [6, 6.07) is 19.3. The van der Waals surface area contributed by atoms with Gasteiger partial charge in [0.1, 0.15) is 36.3 Å². The Morgan fingerprint density at radius 2 is 1.75 bits per heavy atom. The van der Waals surface area contributed by atoms with Crippen molar-refractivity contribution in [3.8, 4) is 17.6 Å². The molecular weight excluding hydrogens is 696 g/mol. The van der Waals surface area contributed by atoms with Crippen molar-refractivity contribution in [1.29, 1.82) is 5.26 Å². The van der Waals surface area contributed by atoms with Crippen LogP contribution in [0.3, 0.4) is 0 Å². The van der Waals surface area contributed by atoms with Crippen LogP contribution in [0.5, 0.6) is 11.5 Å². The molecule has 6 rings (SSSR count). The van der Waals surface area contributed by atoms with E-state index in [0.29, 0.717) is 59.5 Å². The highest BCUT2D eigenvalue weighted by Crippen LogP contribution is 2.55. The number of fused-ring (bicyclic) bond motifs is 1. The van der Waals surface area contributed by atoms with Crippen LogP contribution in [0.15, 0.2) is 60.7 Å². The number of nitrogens with one attached hydrogen (secondary N) is 2. The van der Waals surface area contributed by atoms with Crippen LogP contribution >= 0.6 is 11.6 Å². The number of amides is 4. The van der Waals surface area contributed by atoms with Gasteiger partial charge in [-0.1, -0.05) is 57.5 Å². The molecule has 1 aliphatic carbocycles. The molecule has 2 fully saturated rings. The van der Waals surface area contributed by atoms with Gasteiger partial charge in [-0.2, -0.15) is 5.26 Å². The summed E-state index contributed by atoms with van der Waals surface area (Å²) >= 11 is 6.22. The number of hydrogen-bond donors (Lipinski definition) is 2. The van der Waals surface area contributed by atoms with Crippen LogP contribution in [-0.4, -0.2) is 66.5 Å². The van der Waals surface area contributed by atoms with Crippen molar-refractivity contribution in [3.05, 3.63) is 93.5 Å². The highest BCUT2D eigenvalue weighted by molar-refractivity contribution is 6.31. The molecule has 1 saturated carbocycles. The van der Waals surface area contributed by atoms with E-state index in [9.17, 15) is 24.4 Å². The number of rotatable bonds is 14. The van der Waals surface area contributed by atoms with Crippen LogP contribution in [0, 0.1) is 22.2 Å². The highest BCUT2D eigenvalue weighted by atomic mass is 35.5. The molecule has 11 nitrogen and oxygen atoms in total. The maximum absolute atomic E-state index is 13.3. The molecule has 1 atom stereocenters. The van der Waals surface area contributed by atoms with Crippen LogP contribution < -0.4 is 20.1 Å². The molecule has 2 aliphatic heterocycles. The number of nitriles is 1. The lowest BCUT2D eigenvalue weighted by Gasteiger charge is -2.63. The largest absolute Gasteiger partial charge is 0.491 e. The van der Waals surface area contributed by atoms with Gasteiger partial charge >= 0.3 is 0 Å². The number of carbonyl (C=O) groups excluding carboxylic acids is 4. The minimum atomic E-state index is -0.669. The monoisotopic (exact) mass is 740 g/mol. The molecule has 0 spiro atoms. The Kier molecular flexibility index (Phi) is 11.1. The van der Waals surface area contributed by atoms with Crippen LogP contribution in [-0.2, 0) is 27.3 Å². The first kappa shape index (κ1) is 37.8. The Morgan fingerprint density at radius 3 is 2.45 bits per heavy atom. The SMILES string of the molecule is CC1(C)[C@H](NC(=O)c2ccc(CCCCOCCOc3cccc4c3CN(C3CCC(=O)NC3=O)C4=O)cc2)C(C)(C)[C@H]1Oc1ccc(C#N)c(Cl)c1. The fourth-order valence-corrected chi connectivity index (χ4v) is 8.38. The lowest BCUT2D eigenvalue weighted by Crippen LogP contribution is -2.74. The number of halogens is 1. The third-order valence-electron chi connectivity index (χ3n) is 10.7. The Labute approximate surface area is 314 Å². The molecule has 1 saturated heterocycles. The molecular formula is C41H45ClN4O7. The minimum Gasteiger partial charge on any atom is -0.491 e. The molecule has 3 aliphatic rings. The number of aryl methyl sites for hydroxylation is 1. The van der Waals surface area contributed by atoms with Gasteiger partial charge in [0, 0.05) is 52.7 Å². The number of piperidine rings is 1. The summed E-state index contributed by atoms with van der Waals surface area (Å²) < 4.78 is 18.1. The van der Waals surface area contributed by atoms with E-state index in [4.69, 9.17) is 25.8 Å². The van der Waals surface area contributed by atoms with Crippen molar-refractivity contribution >= 4 is 35.2 Å². The maximum atomic E-state index is 13.3. The molecule has 0 radical (unpaired) electrons. The summed E-state index contributed by atoms with van der Waals surface area (Å²) in [7, 11) is 0. The molecule has 2 heterocycles. The summed E-state index contributed by atoms with van der Waals surface area (Å²) in [6.45, 7) is 9.87. The third-order valence-corrected chi connectivity index (χ3v) is 11.0. The van der Waals surface area contributed by atoms with Crippen molar-refractivity contribution < 1.29 is 33.4 Å². The standard InChI is InChI=1S/C41H45ClN4O7/c1-40(2)38(41(3,4)39(40)53-28-16-15-27(23-43)31(42)22-28)45-35(48)26-13-11-25(12-14-26)8-5-6-19-51-20-21-52-33-10-7-9-29-30(33)24-46(37(29)50)32-17-18-34(47)44-36(32)49/h7,9-16,22,32,38-39H,5-6,8,17-21,24H2,1-4H3,(H,45,48)(H,44,47,49)/t32?,38-,39-. The molecule has 2 N–H and O–H groups in total. The summed E-state index contributed by atoms with van der Waals surface area (Å²) in [6.07, 6.45) is 2.98. The van der Waals surface area contributed by atoms with Gasteiger partial charge in [-0.25, -0.2) is 0 Å². The van der Waals surface area contributed by atoms with E-state index in [-0.39, 0.29) is 53.7 Å². The van der Waals surface area contributed by atoms with Crippen LogP contribution in [0.1, 0.15) is 90.8 Å². The zero-order chi connectivity index (χ0) is 37.9. The topological polar surface area (TPSA) is 147 Å². The molecule has 278 valence electrons. The number of ether oxygens (including phenoxy) is 3. The van der Waals surface area contributed by atoms with Crippen LogP contribution in [0.25, 0.3) is 0 Å². The van der Waals surface area contributed by atoms with Crippen molar-refractivity contribution in [2.45, 2.75) is 84.5 Å². The van der Waals surface area contributed by atoms with Gasteiger partial charge in [-0.3, -0.25) is 24.5 Å². The molecule has 3 aromatic carbocycles. The van der Waals surface area contributed by atoms with E-state index in [1.165, 1.54) is 4.90 Å². The number of imide groups is 1. The van der Waals surface area contributed by atoms with Crippen molar-refractivity contribution in [3.63, 3.8) is 0 Å². The van der Waals surface area contributed by atoms with Gasteiger partial charge in [-0.05, 0) is 67.6 Å². The Morgan fingerprint density at radius 1 is 1.00 bits per heavy atom. The lowest BCUT2D eigenvalue weighted by atomic mass is 9.49. The maximum Gasteiger partial charge on any atom is 0.255 e. The van der Waals surface area contributed by atoms with Gasteiger partial charge in [0.05, 0.1) is 23.7 Å². The van der Waals surface area contributed by atoms with E-state index in [0.717, 1.165) is 30.4 Å². The second kappa shape index (κ2) is 15.6. The van der Waals surface area contributed by atoms with Crippen LogP contribution in [0.2, 0.25) is 5.02 Å². The Hall–Kier alpha value is -4.92. The summed E-state index contributed by atoms with van der Waals surface area (Å²) in [5.41, 5.74) is 2.69. The van der Waals surface area contributed by atoms with Crippen molar-refractivity contribution in [2.24, 2.45) is 10.8 Å². The average molecular weight is 741 g/mol. The van der Waals surface area contributed by atoms with Crippen molar-refractivity contribution in [1.82, 2.24) is 15.5 Å². The first-order valence-corrected chi connectivity index (χ1v) is 18.4. The van der Waals surface area contributed by atoms with Gasteiger partial charge in [0.15, 0.2) is 0 Å². The quantitative estimate of drug-likeness (QED) is 0.151. The van der Waals surface area contributed by atoms with E-state index in [2.05, 4.69) is 44.4 Å². The predicted molar refractivity (Wildman–Crippen MR) is 198 cm³/mol. The summed E-state index contributed by atoms with van der Waals surface area (Å²) in [4.78, 5) is 51.7. The Bertz CT molecular complexity index is 1920. The number of benzene rings is 3. The summed E-state index contributed by atoms with van der Waals surface area (Å²) in [5, 5.41) is 15.1. The zero-order valence-corrected chi connectivity index (χ0v) is 31.3. The number of nitrogens with zero attached hydrogens (tertiary/aromatic N) is 2. The fourth-order valence-electron chi connectivity index (χ4n) is 8.17. The van der Waals surface area contributed by atoms with Crippen LogP contribution in [0.4, 0.5) is 0 Å². The third kappa shape index (κ3) is 7.90. The molecule has 0 aromatic heterocycles. The van der Waals surface area contributed by atoms with Gasteiger partial charge in [-0.15, -0.1) is 0 Å². The number of carbonyl (C=O) groups is 4. The second-order valence-electron chi connectivity index (χ2n) is 15.1. The second-order valence-corrected chi connectivity index (χ2v) is 15.5. The average Bonchev–Trinajstić information content (AvgIpc) is 3.46. The molecule has 12 heteroatoms. The van der Waals surface area contributed by atoms with Gasteiger partial charge in [0.25, 0.3) is 11.8 Å². The fraction of sp³-hybridized carbons (Fsp3) is 0.439. The Balaban J connectivity index is 0.894. The van der Waals surface area contributed by atoms with E-state index in [1.807, 2.05) is 30.3 Å². The van der Waals surface area contributed by atoms with Gasteiger partial charge < -0.3 is 24.4 Å². The molecule has 4 amide bonds. The summed E-state index contributed by atoms with van der Waals surface area (Å²) in [5.74, 6) is 0.0704. The predicted octanol–water partition coefficient (Wildman–Crippen LogP) is 6.00. The van der Waals surface area contributed by atoms with Crippen molar-refractivity contribution in [2.75, 3.05) is 19.8 Å². The molecule has 1 unspecified atom stereocenters. The first-order chi connectivity index (χ1) is 25.3.